The number of hydrogen-bond donors (Lipinski definition) is 1. The molecule has 2 aromatic rings. The quantitative estimate of drug-likeness (QED) is 0.883. The third-order valence-electron chi connectivity index (χ3n) is 2.72. The molecule has 0 saturated carbocycles. The lowest BCUT2D eigenvalue weighted by Crippen LogP contribution is -2.26. The lowest BCUT2D eigenvalue weighted by molar-refractivity contribution is -0.127. The number of carbonyl (C=O) groups excluding carboxylic acids is 2. The van der Waals surface area contributed by atoms with Gasteiger partial charge in [-0.15, -0.1) is 0 Å². The Morgan fingerprint density at radius 1 is 1.14 bits per heavy atom. The van der Waals surface area contributed by atoms with Crippen LogP contribution in [0.15, 0.2) is 48.5 Å². The first-order valence-electron chi connectivity index (χ1n) is 5.98. The van der Waals surface area contributed by atoms with E-state index in [2.05, 4.69) is 0 Å². The first kappa shape index (κ1) is 15.0. The van der Waals surface area contributed by atoms with Crippen LogP contribution in [-0.4, -0.2) is 11.9 Å². The fourth-order valence-electron chi connectivity index (χ4n) is 1.72. The Morgan fingerprint density at radius 2 is 1.81 bits per heavy atom. The van der Waals surface area contributed by atoms with Crippen LogP contribution in [0, 0.1) is 5.82 Å². The zero-order chi connectivity index (χ0) is 15.4. The molecule has 0 unspecified atom stereocenters. The highest BCUT2D eigenvalue weighted by Gasteiger charge is 2.23. The number of halogens is 2. The summed E-state index contributed by atoms with van der Waals surface area (Å²) >= 11 is 5.78. The van der Waals surface area contributed by atoms with Crippen molar-refractivity contribution < 1.29 is 18.7 Å². The van der Waals surface area contributed by atoms with Gasteiger partial charge < -0.3 is 10.5 Å². The fraction of sp³-hybridized carbons (Fsp3) is 0.0667. The number of benzene rings is 2. The lowest BCUT2D eigenvalue weighted by atomic mass is 10.1. The molecule has 2 aromatic carbocycles. The molecule has 0 radical (unpaired) electrons. The molecule has 0 aliphatic heterocycles. The van der Waals surface area contributed by atoms with Gasteiger partial charge >= 0.3 is 5.97 Å². The molecule has 0 heterocycles. The Bertz CT molecular complexity index is 673. The summed E-state index contributed by atoms with van der Waals surface area (Å²) in [5, 5.41) is 0.363. The molecule has 0 aromatic heterocycles. The van der Waals surface area contributed by atoms with Gasteiger partial charge in [0.2, 0.25) is 6.10 Å². The first-order chi connectivity index (χ1) is 9.97. The minimum Gasteiger partial charge on any atom is -0.444 e. The topological polar surface area (TPSA) is 69.4 Å². The van der Waals surface area contributed by atoms with Crippen LogP contribution in [0.3, 0.4) is 0 Å². The maximum atomic E-state index is 12.9. The molecule has 6 heteroatoms. The van der Waals surface area contributed by atoms with E-state index in [0.717, 1.165) is 12.1 Å². The van der Waals surface area contributed by atoms with E-state index in [0.29, 0.717) is 10.6 Å². The number of nitrogens with two attached hydrogens (primary N) is 1. The van der Waals surface area contributed by atoms with Crippen LogP contribution < -0.4 is 5.73 Å². The number of hydrogen-bond acceptors (Lipinski definition) is 3. The summed E-state index contributed by atoms with van der Waals surface area (Å²) in [5.74, 6) is -2.06. The number of ether oxygens (including phenoxy) is 1. The molecule has 0 aliphatic rings. The second-order valence-corrected chi connectivity index (χ2v) is 4.69. The Kier molecular flexibility index (Phi) is 4.55. The third-order valence-corrected chi connectivity index (χ3v) is 2.95. The molecule has 0 spiro atoms. The van der Waals surface area contributed by atoms with Gasteiger partial charge in [0.15, 0.2) is 0 Å². The average molecular weight is 308 g/mol. The normalized spacial score (nSPS) is 11.7. The van der Waals surface area contributed by atoms with E-state index in [1.54, 1.807) is 12.1 Å². The Morgan fingerprint density at radius 3 is 2.38 bits per heavy atom. The standard InChI is InChI=1S/C15H11ClFNO3/c16-11-3-1-2-10(8-11)15(20)21-13(14(18)19)9-4-6-12(17)7-5-9/h1-8,13H,(H2,18,19)/t13-/m1/s1. The largest absolute Gasteiger partial charge is 0.444 e. The van der Waals surface area contributed by atoms with E-state index >= 15 is 0 Å². The van der Waals surface area contributed by atoms with Crippen molar-refractivity contribution in [2.24, 2.45) is 5.73 Å². The lowest BCUT2D eigenvalue weighted by Gasteiger charge is -2.15. The molecule has 0 aliphatic carbocycles. The molecule has 21 heavy (non-hydrogen) atoms. The van der Waals surface area contributed by atoms with Crippen LogP contribution in [0.25, 0.3) is 0 Å². The smallest absolute Gasteiger partial charge is 0.339 e. The second-order valence-electron chi connectivity index (χ2n) is 4.25. The second kappa shape index (κ2) is 6.37. The third kappa shape index (κ3) is 3.79. The number of primary amides is 1. The van der Waals surface area contributed by atoms with Gasteiger partial charge in [-0.3, -0.25) is 4.79 Å². The van der Waals surface area contributed by atoms with E-state index in [4.69, 9.17) is 22.1 Å². The Balaban J connectivity index is 2.22. The highest BCUT2D eigenvalue weighted by atomic mass is 35.5. The first-order valence-corrected chi connectivity index (χ1v) is 6.36. The van der Waals surface area contributed by atoms with Crippen LogP contribution >= 0.6 is 11.6 Å². The Hall–Kier alpha value is -2.40. The van der Waals surface area contributed by atoms with E-state index in [1.807, 2.05) is 0 Å². The minimum atomic E-state index is -1.29. The summed E-state index contributed by atoms with van der Waals surface area (Å²) in [6, 6.07) is 11.0. The van der Waals surface area contributed by atoms with Crippen molar-refractivity contribution in [2.75, 3.05) is 0 Å². The van der Waals surface area contributed by atoms with Crippen molar-refractivity contribution >= 4 is 23.5 Å². The van der Waals surface area contributed by atoms with Gasteiger partial charge in [0.25, 0.3) is 5.91 Å². The molecule has 2 N–H and O–H groups in total. The zero-order valence-corrected chi connectivity index (χ0v) is 11.5. The van der Waals surface area contributed by atoms with Crippen molar-refractivity contribution in [3.05, 3.63) is 70.5 Å². The summed E-state index contributed by atoms with van der Waals surface area (Å²) < 4.78 is 18.0. The van der Waals surface area contributed by atoms with E-state index in [9.17, 15) is 14.0 Å². The summed E-state index contributed by atoms with van der Waals surface area (Å²) in [4.78, 5) is 23.4. The molecule has 0 saturated heterocycles. The van der Waals surface area contributed by atoms with Crippen molar-refractivity contribution in [2.45, 2.75) is 6.10 Å². The molecule has 0 bridgehead atoms. The average Bonchev–Trinajstić information content (AvgIpc) is 2.45. The SMILES string of the molecule is NC(=O)[C@H](OC(=O)c1cccc(Cl)c1)c1ccc(F)cc1. The predicted molar refractivity (Wildman–Crippen MR) is 75.2 cm³/mol. The van der Waals surface area contributed by atoms with Crippen molar-refractivity contribution in [3.8, 4) is 0 Å². The minimum absolute atomic E-state index is 0.191. The number of carbonyl (C=O) groups is 2. The van der Waals surface area contributed by atoms with Gasteiger partial charge in [0, 0.05) is 10.6 Å². The molecule has 2 rings (SSSR count). The van der Waals surface area contributed by atoms with E-state index in [-0.39, 0.29) is 5.56 Å². The maximum absolute atomic E-state index is 12.9. The summed E-state index contributed by atoms with van der Waals surface area (Å²) in [6.45, 7) is 0. The van der Waals surface area contributed by atoms with Crippen LogP contribution in [0.4, 0.5) is 4.39 Å². The maximum Gasteiger partial charge on any atom is 0.339 e. The molecule has 0 fully saturated rings. The zero-order valence-electron chi connectivity index (χ0n) is 10.8. The molecular formula is C15H11ClFNO3. The van der Waals surface area contributed by atoms with Crippen LogP contribution in [0.5, 0.6) is 0 Å². The van der Waals surface area contributed by atoms with Gasteiger partial charge in [0.1, 0.15) is 5.82 Å². The Labute approximate surface area is 125 Å². The molecular weight excluding hydrogens is 297 g/mol. The monoisotopic (exact) mass is 307 g/mol. The number of esters is 1. The summed E-state index contributed by atoms with van der Waals surface area (Å²) in [5.41, 5.74) is 5.71. The van der Waals surface area contributed by atoms with Gasteiger partial charge in [-0.2, -0.15) is 0 Å². The molecule has 1 amide bonds. The van der Waals surface area contributed by atoms with Gasteiger partial charge in [-0.1, -0.05) is 29.8 Å². The van der Waals surface area contributed by atoms with E-state index < -0.39 is 23.8 Å². The van der Waals surface area contributed by atoms with E-state index in [1.165, 1.54) is 24.3 Å². The van der Waals surface area contributed by atoms with Crippen molar-refractivity contribution in [1.29, 1.82) is 0 Å². The molecule has 1 atom stereocenters. The summed E-state index contributed by atoms with van der Waals surface area (Å²) in [7, 11) is 0. The van der Waals surface area contributed by atoms with Crippen molar-refractivity contribution in [1.82, 2.24) is 0 Å². The summed E-state index contributed by atoms with van der Waals surface area (Å²) in [6.07, 6.45) is -1.29. The highest BCUT2D eigenvalue weighted by molar-refractivity contribution is 6.30. The van der Waals surface area contributed by atoms with Crippen molar-refractivity contribution in [3.63, 3.8) is 0 Å². The van der Waals surface area contributed by atoms with Gasteiger partial charge in [0.05, 0.1) is 5.56 Å². The van der Waals surface area contributed by atoms with Crippen LogP contribution in [-0.2, 0) is 9.53 Å². The van der Waals surface area contributed by atoms with Gasteiger partial charge in [-0.25, -0.2) is 9.18 Å². The fourth-order valence-corrected chi connectivity index (χ4v) is 1.91. The number of amides is 1. The molecule has 4 nitrogen and oxygen atoms in total. The number of rotatable bonds is 4. The van der Waals surface area contributed by atoms with Crippen LogP contribution in [0.1, 0.15) is 22.0 Å². The predicted octanol–water partition coefficient (Wildman–Crippen LogP) is 2.86. The van der Waals surface area contributed by atoms with Crippen LogP contribution in [0.2, 0.25) is 5.02 Å². The highest BCUT2D eigenvalue weighted by Crippen LogP contribution is 2.20. The molecule has 108 valence electrons. The van der Waals surface area contributed by atoms with Gasteiger partial charge in [-0.05, 0) is 30.3 Å².